The third kappa shape index (κ3) is 5.57. The van der Waals surface area contributed by atoms with Crippen LogP contribution in [0.25, 0.3) is 10.9 Å². The summed E-state index contributed by atoms with van der Waals surface area (Å²) in [5.74, 6) is -0.312. The van der Waals surface area contributed by atoms with Crippen LogP contribution in [0.2, 0.25) is 10.0 Å². The molecule has 0 aliphatic heterocycles. The summed E-state index contributed by atoms with van der Waals surface area (Å²) in [6.45, 7) is 1.54. The van der Waals surface area contributed by atoms with Gasteiger partial charge in [0, 0.05) is 27.8 Å². The van der Waals surface area contributed by atoms with E-state index in [0.717, 1.165) is 16.5 Å². The summed E-state index contributed by atoms with van der Waals surface area (Å²) in [4.78, 5) is 27.9. The molecule has 1 heterocycles. The van der Waals surface area contributed by atoms with Gasteiger partial charge in [0.25, 0.3) is 11.8 Å². The molecule has 1 aromatic heterocycles. The van der Waals surface area contributed by atoms with Gasteiger partial charge in [0.1, 0.15) is 5.75 Å². The van der Waals surface area contributed by atoms with E-state index in [0.29, 0.717) is 32.8 Å². The second-order valence-corrected chi connectivity index (χ2v) is 8.22. The number of halogens is 2. The van der Waals surface area contributed by atoms with E-state index in [4.69, 9.17) is 27.9 Å². The smallest absolute Gasteiger partial charge is 0.273 e. The van der Waals surface area contributed by atoms with E-state index in [1.54, 1.807) is 49.5 Å². The number of hydrogen-bond acceptors (Lipinski definition) is 4. The second kappa shape index (κ2) is 10.4. The summed E-state index contributed by atoms with van der Waals surface area (Å²) in [5.41, 5.74) is 5.84. The molecular weight excluding hydrogens is 475 g/mol. The van der Waals surface area contributed by atoms with Crippen molar-refractivity contribution < 1.29 is 14.3 Å². The largest absolute Gasteiger partial charge is 0.482 e. The summed E-state index contributed by atoms with van der Waals surface area (Å²) in [6, 6.07) is 19.4. The molecule has 0 bridgehead atoms. The summed E-state index contributed by atoms with van der Waals surface area (Å²) in [7, 11) is 0. The lowest BCUT2D eigenvalue weighted by Crippen LogP contribution is -2.21. The number of hydrogen-bond donors (Lipinski definition) is 3. The van der Waals surface area contributed by atoms with E-state index in [2.05, 4.69) is 20.8 Å². The minimum atomic E-state index is -0.356. The Morgan fingerprint density at radius 2 is 1.85 bits per heavy atom. The second-order valence-electron chi connectivity index (χ2n) is 7.38. The number of amides is 2. The first-order chi connectivity index (χ1) is 16.4. The van der Waals surface area contributed by atoms with Gasteiger partial charge in [-0.1, -0.05) is 53.5 Å². The molecular formula is C25H20Cl2N4O3. The fourth-order valence-electron chi connectivity index (χ4n) is 3.27. The van der Waals surface area contributed by atoms with Gasteiger partial charge < -0.3 is 15.0 Å². The Morgan fingerprint density at radius 1 is 1.03 bits per heavy atom. The number of anilines is 1. The van der Waals surface area contributed by atoms with E-state index >= 15 is 0 Å². The minimum absolute atomic E-state index is 0.223. The van der Waals surface area contributed by atoms with Crippen molar-refractivity contribution in [3.63, 3.8) is 0 Å². The highest BCUT2D eigenvalue weighted by Gasteiger charge is 2.12. The van der Waals surface area contributed by atoms with Crippen LogP contribution in [0.4, 0.5) is 5.69 Å². The quantitative estimate of drug-likeness (QED) is 0.229. The molecule has 2 amide bonds. The number of para-hydroxylation sites is 1. The van der Waals surface area contributed by atoms with Gasteiger partial charge in [-0.25, -0.2) is 5.43 Å². The number of ether oxygens (including phenoxy) is 1. The lowest BCUT2D eigenvalue weighted by Gasteiger charge is -2.10. The predicted molar refractivity (Wildman–Crippen MR) is 135 cm³/mol. The van der Waals surface area contributed by atoms with Crippen LogP contribution in [-0.4, -0.2) is 29.1 Å². The van der Waals surface area contributed by atoms with Crippen molar-refractivity contribution in [3.8, 4) is 5.75 Å². The van der Waals surface area contributed by atoms with Crippen molar-refractivity contribution in [1.82, 2.24) is 10.4 Å². The molecule has 0 unspecified atom stereocenters. The van der Waals surface area contributed by atoms with Gasteiger partial charge in [-0.2, -0.15) is 5.10 Å². The first-order valence-corrected chi connectivity index (χ1v) is 11.0. The zero-order valence-electron chi connectivity index (χ0n) is 18.1. The molecule has 0 saturated heterocycles. The van der Waals surface area contributed by atoms with Crippen molar-refractivity contribution in [2.45, 2.75) is 6.92 Å². The number of rotatable bonds is 7. The normalized spacial score (nSPS) is 11.3. The number of hydrazone groups is 1. The van der Waals surface area contributed by atoms with E-state index in [1.807, 2.05) is 30.3 Å². The van der Waals surface area contributed by atoms with Gasteiger partial charge >= 0.3 is 0 Å². The Balaban J connectivity index is 1.37. The minimum Gasteiger partial charge on any atom is -0.482 e. The van der Waals surface area contributed by atoms with Crippen LogP contribution in [0.1, 0.15) is 22.8 Å². The Morgan fingerprint density at radius 3 is 2.68 bits per heavy atom. The third-order valence-electron chi connectivity index (χ3n) is 4.98. The summed E-state index contributed by atoms with van der Waals surface area (Å²) in [6.07, 6.45) is 1.65. The van der Waals surface area contributed by atoms with Crippen molar-refractivity contribution in [2.75, 3.05) is 11.9 Å². The number of aromatic nitrogens is 1. The zero-order chi connectivity index (χ0) is 24.1. The number of nitrogens with one attached hydrogen (secondary N) is 3. The maximum atomic E-state index is 12.6. The Bertz CT molecular complexity index is 1400. The molecule has 0 aliphatic rings. The molecule has 0 atom stereocenters. The molecule has 172 valence electrons. The average molecular weight is 495 g/mol. The number of fused-ring (bicyclic) bond motifs is 1. The number of nitrogens with zero attached hydrogens (tertiary/aromatic N) is 1. The molecule has 3 aromatic carbocycles. The van der Waals surface area contributed by atoms with Gasteiger partial charge in [-0.3, -0.25) is 9.59 Å². The first-order valence-electron chi connectivity index (χ1n) is 10.3. The molecule has 0 aliphatic carbocycles. The zero-order valence-corrected chi connectivity index (χ0v) is 19.6. The van der Waals surface area contributed by atoms with Crippen LogP contribution in [0.3, 0.4) is 0 Å². The highest BCUT2D eigenvalue weighted by Crippen LogP contribution is 2.27. The average Bonchev–Trinajstić information content (AvgIpc) is 3.26. The fraction of sp³-hybridized carbons (Fsp3) is 0.0800. The number of aromatic amines is 1. The van der Waals surface area contributed by atoms with Crippen LogP contribution in [0, 0.1) is 0 Å². The van der Waals surface area contributed by atoms with Crippen molar-refractivity contribution in [3.05, 3.63) is 94.1 Å². The van der Waals surface area contributed by atoms with Crippen molar-refractivity contribution in [2.24, 2.45) is 5.10 Å². The number of H-pyrrole nitrogens is 1. The van der Waals surface area contributed by atoms with Crippen LogP contribution in [0.5, 0.6) is 5.75 Å². The molecule has 0 fully saturated rings. The van der Waals surface area contributed by atoms with E-state index < -0.39 is 0 Å². The van der Waals surface area contributed by atoms with E-state index in [1.165, 1.54) is 0 Å². The topological polar surface area (TPSA) is 95.6 Å². The van der Waals surface area contributed by atoms with Crippen LogP contribution >= 0.6 is 23.2 Å². The van der Waals surface area contributed by atoms with Gasteiger partial charge in [-0.15, -0.1) is 0 Å². The first kappa shape index (κ1) is 23.4. The standard InChI is InChI=1S/C25H20Cl2N4O3/c1-15(30-31-25(33)20-13-28-22-8-3-2-7-19(20)22)16-5-4-6-18(11-16)29-24(32)14-34-23-10-9-17(26)12-21(23)27/h2-13,28H,14H2,1H3,(H,29,32)(H,31,33)/b30-15+. The summed E-state index contributed by atoms with van der Waals surface area (Å²) in [5, 5.41) is 8.60. The molecule has 7 nitrogen and oxygen atoms in total. The molecule has 0 saturated carbocycles. The molecule has 4 aromatic rings. The van der Waals surface area contributed by atoms with Crippen LogP contribution < -0.4 is 15.5 Å². The van der Waals surface area contributed by atoms with E-state index in [-0.39, 0.29) is 18.4 Å². The molecule has 9 heteroatoms. The third-order valence-corrected chi connectivity index (χ3v) is 5.51. The van der Waals surface area contributed by atoms with Crippen LogP contribution in [0.15, 0.2) is 78.0 Å². The van der Waals surface area contributed by atoms with Gasteiger partial charge in [-0.05, 0) is 48.9 Å². The number of carbonyl (C=O) groups is 2. The SMILES string of the molecule is C/C(=N\NC(=O)c1c[nH]c2ccccc12)c1cccc(NC(=O)COc2ccc(Cl)cc2Cl)c1. The highest BCUT2D eigenvalue weighted by molar-refractivity contribution is 6.35. The Labute approximate surface area is 205 Å². The summed E-state index contributed by atoms with van der Waals surface area (Å²) < 4.78 is 5.46. The van der Waals surface area contributed by atoms with E-state index in [9.17, 15) is 9.59 Å². The Kier molecular flexibility index (Phi) is 7.15. The highest BCUT2D eigenvalue weighted by atomic mass is 35.5. The van der Waals surface area contributed by atoms with Crippen molar-refractivity contribution >= 4 is 57.3 Å². The lowest BCUT2D eigenvalue weighted by atomic mass is 10.1. The maximum Gasteiger partial charge on any atom is 0.273 e. The Hall–Kier alpha value is -3.81. The number of benzene rings is 3. The van der Waals surface area contributed by atoms with Crippen LogP contribution in [-0.2, 0) is 4.79 Å². The molecule has 34 heavy (non-hydrogen) atoms. The van der Waals surface area contributed by atoms with Crippen molar-refractivity contribution in [1.29, 1.82) is 0 Å². The predicted octanol–water partition coefficient (Wildman–Crippen LogP) is 5.65. The van der Waals surface area contributed by atoms with Gasteiger partial charge in [0.2, 0.25) is 0 Å². The fourth-order valence-corrected chi connectivity index (χ4v) is 3.74. The van der Waals surface area contributed by atoms with Gasteiger partial charge in [0.05, 0.1) is 16.3 Å². The maximum absolute atomic E-state index is 12.6. The molecule has 0 radical (unpaired) electrons. The van der Waals surface area contributed by atoms with Gasteiger partial charge in [0.15, 0.2) is 6.61 Å². The lowest BCUT2D eigenvalue weighted by molar-refractivity contribution is -0.118. The summed E-state index contributed by atoms with van der Waals surface area (Å²) >= 11 is 11.9. The molecule has 4 rings (SSSR count). The monoisotopic (exact) mass is 494 g/mol. The molecule has 3 N–H and O–H groups in total. The molecule has 0 spiro atoms. The number of carbonyl (C=O) groups excluding carboxylic acids is 2.